The molecule has 0 saturated heterocycles. The summed E-state index contributed by atoms with van der Waals surface area (Å²) in [6.45, 7) is 2.05. The van der Waals surface area contributed by atoms with Crippen molar-refractivity contribution in [3.8, 4) is 0 Å². The Kier molecular flexibility index (Phi) is 4.97. The van der Waals surface area contributed by atoms with Crippen molar-refractivity contribution in [2.45, 2.75) is 26.2 Å². The lowest BCUT2D eigenvalue weighted by Crippen LogP contribution is -2.01. The fourth-order valence-corrected chi connectivity index (χ4v) is 1.78. The molecule has 0 radical (unpaired) electrons. The molecule has 0 amide bonds. The molecular weight excluding hydrogens is 247 g/mol. The van der Waals surface area contributed by atoms with Crippen LogP contribution in [0.3, 0.4) is 0 Å². The zero-order chi connectivity index (χ0) is 12.1. The Bertz CT molecular complexity index is 413. The minimum atomic E-state index is -0.522. The zero-order valence-electron chi connectivity index (χ0n) is 8.93. The number of carbonyl (C=O) groups is 2. The molecule has 1 rings (SSSR count). The average molecular weight is 259 g/mol. The third-order valence-corrected chi connectivity index (χ3v) is 2.77. The first-order chi connectivity index (χ1) is 7.56. The number of hydrogen-bond acceptors (Lipinski definition) is 2. The average Bonchev–Trinajstić information content (AvgIpc) is 2.25. The number of hydrogen-bond donors (Lipinski definition) is 0. The van der Waals surface area contributed by atoms with Crippen LogP contribution in [0.2, 0.25) is 0 Å². The van der Waals surface area contributed by atoms with E-state index >= 15 is 0 Å². The summed E-state index contributed by atoms with van der Waals surface area (Å²) in [5, 5.41) is -1.02. The summed E-state index contributed by atoms with van der Waals surface area (Å²) in [6, 6.07) is 4.71. The van der Waals surface area contributed by atoms with Crippen molar-refractivity contribution in [3.63, 3.8) is 0 Å². The van der Waals surface area contributed by atoms with Gasteiger partial charge in [-0.15, -0.1) is 0 Å². The molecule has 0 aromatic heterocycles. The van der Waals surface area contributed by atoms with Gasteiger partial charge in [0.1, 0.15) is 0 Å². The molecule has 0 saturated carbocycles. The Labute approximate surface area is 105 Å². The predicted molar refractivity (Wildman–Crippen MR) is 65.4 cm³/mol. The van der Waals surface area contributed by atoms with E-state index in [1.807, 2.05) is 0 Å². The van der Waals surface area contributed by atoms with Crippen LogP contribution in [0.15, 0.2) is 18.2 Å². The first-order valence-corrected chi connectivity index (χ1v) is 5.84. The molecule has 0 heterocycles. The van der Waals surface area contributed by atoms with Crippen LogP contribution in [0, 0.1) is 0 Å². The Balaban J connectivity index is 3.10. The fourth-order valence-electron chi connectivity index (χ4n) is 1.48. The number of carbonyl (C=O) groups excluding carboxylic acids is 2. The van der Waals surface area contributed by atoms with Crippen LogP contribution in [0.25, 0.3) is 0 Å². The van der Waals surface area contributed by atoms with E-state index < -0.39 is 10.5 Å². The van der Waals surface area contributed by atoms with Crippen LogP contribution in [0.5, 0.6) is 0 Å². The lowest BCUT2D eigenvalue weighted by atomic mass is 10.0. The van der Waals surface area contributed by atoms with Crippen molar-refractivity contribution in [3.05, 3.63) is 34.9 Å². The molecule has 1 aromatic carbocycles. The highest BCUT2D eigenvalue weighted by atomic mass is 35.5. The molecule has 0 aliphatic rings. The lowest BCUT2D eigenvalue weighted by molar-refractivity contribution is 0.106. The molecule has 0 unspecified atom stereocenters. The third-order valence-electron chi connectivity index (χ3n) is 2.34. The third kappa shape index (κ3) is 3.32. The van der Waals surface area contributed by atoms with E-state index in [2.05, 4.69) is 6.92 Å². The maximum Gasteiger partial charge on any atom is 0.252 e. The molecule has 0 fully saturated rings. The van der Waals surface area contributed by atoms with Gasteiger partial charge < -0.3 is 0 Å². The number of rotatable bonds is 5. The first-order valence-electron chi connectivity index (χ1n) is 5.08. The van der Waals surface area contributed by atoms with E-state index in [1.165, 1.54) is 6.07 Å². The SMILES string of the molecule is CCCCc1cc(C(=O)Cl)ccc1C(=O)Cl. The van der Waals surface area contributed by atoms with Gasteiger partial charge >= 0.3 is 0 Å². The van der Waals surface area contributed by atoms with E-state index in [4.69, 9.17) is 23.2 Å². The largest absolute Gasteiger partial charge is 0.276 e. The van der Waals surface area contributed by atoms with Gasteiger partial charge in [0.05, 0.1) is 0 Å². The summed E-state index contributed by atoms with van der Waals surface area (Å²) in [5.41, 5.74) is 1.64. The van der Waals surface area contributed by atoms with Gasteiger partial charge in [0.15, 0.2) is 0 Å². The summed E-state index contributed by atoms with van der Waals surface area (Å²) in [6.07, 6.45) is 2.67. The van der Waals surface area contributed by atoms with E-state index in [0.717, 1.165) is 24.8 Å². The Morgan fingerprint density at radius 1 is 1.19 bits per heavy atom. The zero-order valence-corrected chi connectivity index (χ0v) is 10.4. The minimum Gasteiger partial charge on any atom is -0.276 e. The van der Waals surface area contributed by atoms with E-state index in [0.29, 0.717) is 11.1 Å². The second-order valence-electron chi connectivity index (χ2n) is 3.52. The van der Waals surface area contributed by atoms with E-state index in [-0.39, 0.29) is 0 Å². The van der Waals surface area contributed by atoms with Gasteiger partial charge in [0, 0.05) is 11.1 Å². The number of aryl methyl sites for hydroxylation is 1. The van der Waals surface area contributed by atoms with Gasteiger partial charge in [-0.2, -0.15) is 0 Å². The summed E-state index contributed by atoms with van der Waals surface area (Å²) >= 11 is 10.8. The van der Waals surface area contributed by atoms with Crippen LogP contribution in [0.1, 0.15) is 46.0 Å². The maximum absolute atomic E-state index is 11.2. The topological polar surface area (TPSA) is 34.1 Å². The molecule has 2 nitrogen and oxygen atoms in total. The molecule has 0 N–H and O–H groups in total. The quantitative estimate of drug-likeness (QED) is 0.754. The molecule has 0 aliphatic heterocycles. The number of benzene rings is 1. The second kappa shape index (κ2) is 6.02. The van der Waals surface area contributed by atoms with Gasteiger partial charge in [-0.25, -0.2) is 0 Å². The van der Waals surface area contributed by atoms with Crippen LogP contribution >= 0.6 is 23.2 Å². The number of halogens is 2. The van der Waals surface area contributed by atoms with Crippen LogP contribution in [-0.2, 0) is 6.42 Å². The highest BCUT2D eigenvalue weighted by molar-refractivity contribution is 6.68. The van der Waals surface area contributed by atoms with Gasteiger partial charge in [-0.1, -0.05) is 13.3 Å². The maximum atomic E-state index is 11.2. The second-order valence-corrected chi connectivity index (χ2v) is 4.21. The fraction of sp³-hybridized carbons (Fsp3) is 0.333. The molecule has 16 heavy (non-hydrogen) atoms. The molecule has 0 aliphatic carbocycles. The summed E-state index contributed by atoms with van der Waals surface area (Å²) < 4.78 is 0. The molecular formula is C12H12Cl2O2. The Hall–Kier alpha value is -0.860. The highest BCUT2D eigenvalue weighted by Crippen LogP contribution is 2.18. The summed E-state index contributed by atoms with van der Waals surface area (Å²) in [4.78, 5) is 22.2. The molecule has 0 spiro atoms. The van der Waals surface area contributed by atoms with Crippen molar-refractivity contribution in [2.24, 2.45) is 0 Å². The lowest BCUT2D eigenvalue weighted by Gasteiger charge is -2.06. The smallest absolute Gasteiger partial charge is 0.252 e. The first kappa shape index (κ1) is 13.2. The van der Waals surface area contributed by atoms with Crippen molar-refractivity contribution >= 4 is 33.7 Å². The minimum absolute atomic E-state index is 0.398. The Morgan fingerprint density at radius 2 is 1.88 bits per heavy atom. The summed E-state index contributed by atoms with van der Waals surface area (Å²) in [5.74, 6) is 0. The van der Waals surface area contributed by atoms with Crippen LogP contribution in [0.4, 0.5) is 0 Å². The predicted octanol–water partition coefficient (Wildman–Crippen LogP) is 3.79. The van der Waals surface area contributed by atoms with Crippen molar-refractivity contribution < 1.29 is 9.59 Å². The molecule has 4 heteroatoms. The van der Waals surface area contributed by atoms with Crippen molar-refractivity contribution in [1.82, 2.24) is 0 Å². The Morgan fingerprint density at radius 3 is 2.38 bits per heavy atom. The van der Waals surface area contributed by atoms with Gasteiger partial charge in [0.2, 0.25) is 0 Å². The van der Waals surface area contributed by atoms with Crippen LogP contribution < -0.4 is 0 Å². The van der Waals surface area contributed by atoms with Crippen molar-refractivity contribution in [2.75, 3.05) is 0 Å². The number of unbranched alkanes of at least 4 members (excludes halogenated alkanes) is 1. The van der Waals surface area contributed by atoms with Gasteiger partial charge in [0.25, 0.3) is 10.5 Å². The molecule has 86 valence electrons. The van der Waals surface area contributed by atoms with Crippen LogP contribution in [-0.4, -0.2) is 10.5 Å². The normalized spacial score (nSPS) is 10.2. The van der Waals surface area contributed by atoms with Gasteiger partial charge in [-0.05, 0) is 59.8 Å². The molecule has 1 aromatic rings. The van der Waals surface area contributed by atoms with Gasteiger partial charge in [-0.3, -0.25) is 9.59 Å². The van der Waals surface area contributed by atoms with E-state index in [9.17, 15) is 9.59 Å². The van der Waals surface area contributed by atoms with E-state index in [1.54, 1.807) is 12.1 Å². The van der Waals surface area contributed by atoms with Crippen molar-refractivity contribution in [1.29, 1.82) is 0 Å². The molecule has 0 atom stereocenters. The highest BCUT2D eigenvalue weighted by Gasteiger charge is 2.11. The standard InChI is InChI=1S/C12H12Cl2O2/c1-2-3-4-8-7-9(11(13)15)5-6-10(8)12(14)16/h5-7H,2-4H2,1H3. The molecule has 0 bridgehead atoms. The monoisotopic (exact) mass is 258 g/mol. The summed E-state index contributed by atoms with van der Waals surface area (Å²) in [7, 11) is 0.